The molecule has 0 bridgehead atoms. The molecular weight excluding hydrogens is 743 g/mol. The van der Waals surface area contributed by atoms with Crippen LogP contribution in [-0.2, 0) is 40.2 Å². The van der Waals surface area contributed by atoms with Gasteiger partial charge >= 0.3 is 0 Å². The minimum Gasteiger partial charge on any atom is -0.307 e. The number of nitrogens with zero attached hydrogens (tertiary/aromatic N) is 3. The van der Waals surface area contributed by atoms with Gasteiger partial charge in [0.05, 0.1) is 25.0 Å². The van der Waals surface area contributed by atoms with Crippen LogP contribution in [0.5, 0.6) is 0 Å². The number of anilines is 2. The molecule has 2 amide bonds. The van der Waals surface area contributed by atoms with Crippen LogP contribution in [0.25, 0.3) is 0 Å². The number of carbonyl (C=O) groups is 4. The number of likely N-dealkylation sites (tertiary alicyclic amines) is 1. The van der Waals surface area contributed by atoms with Gasteiger partial charge in [-0.1, -0.05) is 188 Å². The first-order chi connectivity index (χ1) is 29.5. The lowest BCUT2D eigenvalue weighted by atomic mass is 9.57. The Morgan fingerprint density at radius 3 is 1.32 bits per heavy atom. The summed E-state index contributed by atoms with van der Waals surface area (Å²) < 4.78 is 0. The van der Waals surface area contributed by atoms with E-state index in [9.17, 15) is 0 Å². The summed E-state index contributed by atoms with van der Waals surface area (Å²) in [4.78, 5) is 70.6. The highest BCUT2D eigenvalue weighted by Crippen LogP contribution is 2.69. The van der Waals surface area contributed by atoms with Gasteiger partial charge in [-0.05, 0) is 34.4 Å². The van der Waals surface area contributed by atoms with E-state index >= 15 is 19.2 Å². The zero-order chi connectivity index (χ0) is 40.8. The monoisotopic (exact) mass is 783 g/mol. The van der Waals surface area contributed by atoms with Crippen molar-refractivity contribution in [1.29, 1.82) is 0 Å². The second kappa shape index (κ2) is 14.9. The third kappa shape index (κ3) is 5.46. The summed E-state index contributed by atoms with van der Waals surface area (Å²) >= 11 is 0. The number of ketones is 2. The van der Waals surface area contributed by atoms with Crippen LogP contribution in [0, 0.1) is 5.92 Å². The number of rotatable bonds is 10. The van der Waals surface area contributed by atoms with Crippen molar-refractivity contribution < 1.29 is 19.2 Å². The van der Waals surface area contributed by atoms with Crippen LogP contribution in [0.3, 0.4) is 0 Å². The molecule has 10 rings (SSSR count). The molecule has 292 valence electrons. The number of amides is 2. The summed E-state index contributed by atoms with van der Waals surface area (Å²) in [6.45, 7) is 0.504. The van der Waals surface area contributed by atoms with Crippen LogP contribution in [0.1, 0.15) is 48.5 Å². The van der Waals surface area contributed by atoms with Gasteiger partial charge < -0.3 is 9.80 Å². The molecule has 4 atom stereocenters. The predicted molar refractivity (Wildman–Crippen MR) is 232 cm³/mol. The van der Waals surface area contributed by atoms with E-state index in [0.29, 0.717) is 33.6 Å². The van der Waals surface area contributed by atoms with E-state index in [0.717, 1.165) is 16.7 Å². The lowest BCUT2D eigenvalue weighted by Gasteiger charge is -2.45. The van der Waals surface area contributed by atoms with E-state index in [2.05, 4.69) is 0 Å². The first-order valence-corrected chi connectivity index (χ1v) is 20.4. The Morgan fingerprint density at radius 2 is 0.800 bits per heavy atom. The maximum Gasteiger partial charge on any atom is 0.254 e. The summed E-state index contributed by atoms with van der Waals surface area (Å²) in [5.41, 5.74) is 1.93. The molecule has 7 heteroatoms. The second-order valence-corrected chi connectivity index (χ2v) is 15.8. The molecule has 7 aromatic carbocycles. The van der Waals surface area contributed by atoms with Crippen molar-refractivity contribution in [3.8, 4) is 0 Å². The number of carbonyl (C=O) groups excluding carboxylic acids is 4. The average Bonchev–Trinajstić information content (AvgIpc) is 3.82. The first-order valence-electron chi connectivity index (χ1n) is 20.4. The lowest BCUT2D eigenvalue weighted by molar-refractivity contribution is -0.140. The van der Waals surface area contributed by atoms with Gasteiger partial charge in [-0.3, -0.25) is 24.1 Å². The second-order valence-electron chi connectivity index (χ2n) is 15.8. The molecule has 0 radical (unpaired) electrons. The topological polar surface area (TPSA) is 78.0 Å². The normalized spacial score (nSPS) is 21.7. The van der Waals surface area contributed by atoms with Crippen molar-refractivity contribution in [3.63, 3.8) is 0 Å². The quantitative estimate of drug-likeness (QED) is 0.129. The Kier molecular flexibility index (Phi) is 9.18. The van der Waals surface area contributed by atoms with E-state index in [-0.39, 0.29) is 37.1 Å². The van der Waals surface area contributed by atoms with Crippen molar-refractivity contribution in [1.82, 2.24) is 4.90 Å². The molecule has 0 unspecified atom stereocenters. The van der Waals surface area contributed by atoms with Crippen LogP contribution in [0.2, 0.25) is 0 Å². The Morgan fingerprint density at radius 1 is 0.417 bits per heavy atom. The van der Waals surface area contributed by atoms with Gasteiger partial charge in [0, 0.05) is 34.6 Å². The van der Waals surface area contributed by atoms with Crippen LogP contribution < -0.4 is 9.80 Å². The minimum absolute atomic E-state index is 0.0950. The van der Waals surface area contributed by atoms with E-state index < -0.39 is 28.8 Å². The van der Waals surface area contributed by atoms with E-state index in [4.69, 9.17) is 0 Å². The third-order valence-electron chi connectivity index (χ3n) is 12.7. The molecule has 3 aliphatic heterocycles. The fraction of sp³-hybridized carbons (Fsp3) is 0.132. The fourth-order valence-corrected chi connectivity index (χ4v) is 10.3. The van der Waals surface area contributed by atoms with E-state index in [1.165, 1.54) is 0 Å². The van der Waals surface area contributed by atoms with Crippen molar-refractivity contribution in [2.75, 3.05) is 9.80 Å². The molecule has 60 heavy (non-hydrogen) atoms. The molecule has 0 aliphatic carbocycles. The smallest absolute Gasteiger partial charge is 0.254 e. The number of hydrogen-bond donors (Lipinski definition) is 0. The fourth-order valence-electron chi connectivity index (χ4n) is 10.3. The molecule has 1 fully saturated rings. The van der Waals surface area contributed by atoms with Crippen molar-refractivity contribution in [3.05, 3.63) is 239 Å². The van der Waals surface area contributed by atoms with Crippen molar-refractivity contribution >= 4 is 34.8 Å². The Bertz CT molecular complexity index is 2750. The number of hydrogen-bond acceptors (Lipinski definition) is 5. The molecule has 0 saturated carbocycles. The van der Waals surface area contributed by atoms with Crippen LogP contribution in [0.15, 0.2) is 200 Å². The molecule has 2 spiro atoms. The van der Waals surface area contributed by atoms with E-state index in [1.807, 2.05) is 157 Å². The molecule has 1 saturated heterocycles. The number of Topliss-reactive ketones (excluding diaryl/α,β-unsaturated/α-hetero) is 2. The average molecular weight is 784 g/mol. The maximum atomic E-state index is 16.7. The summed E-state index contributed by atoms with van der Waals surface area (Å²) in [7, 11) is 0. The van der Waals surface area contributed by atoms with Crippen LogP contribution >= 0.6 is 0 Å². The number of para-hydroxylation sites is 2. The summed E-state index contributed by atoms with van der Waals surface area (Å²) in [6.07, 6.45) is 0. The van der Waals surface area contributed by atoms with Crippen LogP contribution in [-0.4, -0.2) is 34.3 Å². The molecular formula is C53H41N3O4. The molecule has 7 aromatic rings. The molecule has 3 heterocycles. The Labute approximate surface area is 349 Å². The van der Waals surface area contributed by atoms with Crippen molar-refractivity contribution in [2.45, 2.75) is 36.6 Å². The zero-order valence-electron chi connectivity index (χ0n) is 32.8. The van der Waals surface area contributed by atoms with Gasteiger partial charge in [0.25, 0.3) is 5.91 Å². The van der Waals surface area contributed by atoms with Crippen LogP contribution in [0.4, 0.5) is 11.4 Å². The van der Waals surface area contributed by atoms with E-state index in [1.54, 1.807) is 58.3 Å². The SMILES string of the molecule is O=C(c1ccccc1)[C@@H]1[C@@H](C(=O)c2ccccc2)[C@]2(C(=O)N(Cc3ccccc3)c3ccccc32)[C@@]2(C(=O)N(Cc3ccccc3)c3ccccc32)N1Cc1ccccc1. The summed E-state index contributed by atoms with van der Waals surface area (Å²) in [5.74, 6) is -2.82. The number of benzene rings is 7. The predicted octanol–water partition coefficient (Wildman–Crippen LogP) is 9.18. The molecule has 0 N–H and O–H groups in total. The van der Waals surface area contributed by atoms with Gasteiger partial charge in [-0.25, -0.2) is 0 Å². The van der Waals surface area contributed by atoms with Gasteiger partial charge in [-0.15, -0.1) is 0 Å². The molecule has 3 aliphatic rings. The largest absolute Gasteiger partial charge is 0.307 e. The first kappa shape index (κ1) is 37.1. The van der Waals surface area contributed by atoms with Gasteiger partial charge in [-0.2, -0.15) is 0 Å². The lowest BCUT2D eigenvalue weighted by Crippen LogP contribution is -2.64. The van der Waals surface area contributed by atoms with Crippen molar-refractivity contribution in [2.24, 2.45) is 5.92 Å². The number of fused-ring (bicyclic) bond motifs is 5. The highest BCUT2D eigenvalue weighted by Gasteiger charge is 2.83. The maximum absolute atomic E-state index is 16.7. The molecule has 7 nitrogen and oxygen atoms in total. The van der Waals surface area contributed by atoms with Gasteiger partial charge in [0.15, 0.2) is 11.6 Å². The van der Waals surface area contributed by atoms with Gasteiger partial charge in [0.2, 0.25) is 5.91 Å². The summed E-state index contributed by atoms with van der Waals surface area (Å²) in [6, 6.07) is 61.1. The minimum atomic E-state index is -1.92. The highest BCUT2D eigenvalue weighted by molar-refractivity contribution is 6.24. The summed E-state index contributed by atoms with van der Waals surface area (Å²) in [5, 5.41) is 0. The standard InChI is InChI=1S/C53H41N3O4/c57-48(40-26-12-4-13-27-40)46-47(49(58)41-28-14-5-15-29-41)56(36-39-24-10-3-11-25-39)53(43-31-17-19-33-45(43)55(51(53)60)35-38-22-8-2-9-23-38)52(46)42-30-16-18-32-44(42)54(50(52)59)34-37-20-6-1-7-21-37/h1-33,46-47H,34-36H2/t46-,47-,52+,53+/m0/s1. The third-order valence-corrected chi connectivity index (χ3v) is 12.7. The molecule has 0 aromatic heterocycles. The highest BCUT2D eigenvalue weighted by atomic mass is 16.2. The zero-order valence-corrected chi connectivity index (χ0v) is 32.8. The van der Waals surface area contributed by atoms with Gasteiger partial charge in [0.1, 0.15) is 11.0 Å². The Hall–Kier alpha value is -7.22. The Balaban J connectivity index is 1.34.